The number of rotatable bonds is 6. The van der Waals surface area contributed by atoms with Crippen molar-refractivity contribution in [2.45, 2.75) is 101 Å². The van der Waals surface area contributed by atoms with Crippen LogP contribution in [0.2, 0.25) is 0 Å². The molecule has 0 amide bonds. The summed E-state index contributed by atoms with van der Waals surface area (Å²) in [5, 5.41) is 0. The number of amidine groups is 1. The van der Waals surface area contributed by atoms with Crippen LogP contribution in [0.3, 0.4) is 0 Å². The van der Waals surface area contributed by atoms with Crippen molar-refractivity contribution < 1.29 is 8.42 Å². The Kier molecular flexibility index (Phi) is 7.22. The number of aliphatic imine (C=N–C) groups is 1. The molecule has 2 N–H and O–H groups in total. The van der Waals surface area contributed by atoms with E-state index in [1.165, 1.54) is 11.3 Å². The lowest BCUT2D eigenvalue weighted by molar-refractivity contribution is 0.285. The van der Waals surface area contributed by atoms with E-state index in [2.05, 4.69) is 83.6 Å². The predicted octanol–water partition coefficient (Wildman–Crippen LogP) is 4.46. The van der Waals surface area contributed by atoms with Crippen LogP contribution in [0, 0.1) is 16.2 Å². The summed E-state index contributed by atoms with van der Waals surface area (Å²) in [5.41, 5.74) is 2.40. The van der Waals surface area contributed by atoms with Gasteiger partial charge in [-0.05, 0) is 22.8 Å². The molecule has 2 rings (SSSR count). The van der Waals surface area contributed by atoms with Crippen molar-refractivity contribution in [2.75, 3.05) is 13.1 Å². The molecule has 30 heavy (non-hydrogen) atoms. The highest BCUT2D eigenvalue weighted by atomic mass is 32.2. The van der Waals surface area contributed by atoms with Gasteiger partial charge in [0, 0.05) is 36.7 Å². The molecule has 2 atom stereocenters. The minimum absolute atomic E-state index is 0.0164. The Balaban J connectivity index is 2.46. The first kappa shape index (κ1) is 25.3. The summed E-state index contributed by atoms with van der Waals surface area (Å²) >= 11 is 0. The van der Waals surface area contributed by atoms with E-state index in [4.69, 9.17) is 4.99 Å². The maximum absolute atomic E-state index is 12.6. The van der Waals surface area contributed by atoms with E-state index in [0.717, 1.165) is 18.7 Å². The third-order valence-electron chi connectivity index (χ3n) is 5.70. The van der Waals surface area contributed by atoms with Crippen LogP contribution >= 0.6 is 0 Å². The second kappa shape index (κ2) is 8.55. The zero-order valence-electron chi connectivity index (χ0n) is 20.8. The highest BCUT2D eigenvalue weighted by Crippen LogP contribution is 2.47. The van der Waals surface area contributed by atoms with Crippen LogP contribution < -0.4 is 9.44 Å². The van der Waals surface area contributed by atoms with Crippen molar-refractivity contribution in [3.63, 3.8) is 0 Å². The zero-order chi connectivity index (χ0) is 23.1. The van der Waals surface area contributed by atoms with Crippen molar-refractivity contribution in [1.82, 2.24) is 14.3 Å². The summed E-state index contributed by atoms with van der Waals surface area (Å²) in [5.74, 6) is 1.06. The van der Waals surface area contributed by atoms with Crippen molar-refractivity contribution in [1.29, 1.82) is 0 Å². The number of hydrogen-bond donors (Lipinski definition) is 2. The van der Waals surface area contributed by atoms with Gasteiger partial charge in [0.05, 0.1) is 6.04 Å². The highest BCUT2D eigenvalue weighted by Gasteiger charge is 2.46. The summed E-state index contributed by atoms with van der Waals surface area (Å²) in [6.45, 7) is 23.2. The minimum Gasteiger partial charge on any atom is -0.332 e. The van der Waals surface area contributed by atoms with Crippen LogP contribution in [0.4, 0.5) is 0 Å². The monoisotopic (exact) mass is 440 g/mol. The maximum Gasteiger partial charge on any atom is 0.277 e. The lowest BCUT2D eigenvalue weighted by Gasteiger charge is -2.45. The highest BCUT2D eigenvalue weighted by molar-refractivity contribution is 7.87. The van der Waals surface area contributed by atoms with Crippen molar-refractivity contribution in [3.8, 4) is 0 Å². The quantitative estimate of drug-likeness (QED) is 0.599. The van der Waals surface area contributed by atoms with E-state index in [9.17, 15) is 8.42 Å². The summed E-state index contributed by atoms with van der Waals surface area (Å²) in [7, 11) is -3.52. The molecule has 0 aliphatic carbocycles. The average molecular weight is 441 g/mol. The van der Waals surface area contributed by atoms with Crippen molar-refractivity contribution >= 4 is 16.0 Å². The van der Waals surface area contributed by atoms with Gasteiger partial charge in [0.25, 0.3) is 10.2 Å². The van der Waals surface area contributed by atoms with Gasteiger partial charge in [0.1, 0.15) is 5.84 Å². The molecule has 2 unspecified atom stereocenters. The topological polar surface area (TPSA) is 73.8 Å². The zero-order valence-corrected chi connectivity index (χ0v) is 21.6. The minimum atomic E-state index is -3.52. The Hall–Kier alpha value is -0.920. The first-order valence-electron chi connectivity index (χ1n) is 11.3. The molecule has 1 fully saturated rings. The molecule has 6 nitrogen and oxygen atoms in total. The molecule has 0 radical (unpaired) electrons. The summed E-state index contributed by atoms with van der Waals surface area (Å²) < 4.78 is 30.7. The van der Waals surface area contributed by atoms with E-state index in [1.54, 1.807) is 0 Å². The molecule has 2 aliphatic rings. The van der Waals surface area contributed by atoms with E-state index in [-0.39, 0.29) is 28.3 Å². The number of nitrogens with zero attached hydrogens (tertiary/aromatic N) is 2. The van der Waals surface area contributed by atoms with Gasteiger partial charge in [-0.25, -0.2) is 4.72 Å². The van der Waals surface area contributed by atoms with Crippen molar-refractivity contribution in [3.05, 3.63) is 11.3 Å². The predicted molar refractivity (Wildman–Crippen MR) is 127 cm³/mol. The molecule has 0 aromatic rings. The SMILES string of the molecule is CCCCNS(=O)(=O)NC1CC2=C(C(C)(C)C)C(C(C)(C)C)N=C(C(C)(C)C)N2C1. The van der Waals surface area contributed by atoms with Gasteiger partial charge in [-0.15, -0.1) is 0 Å². The first-order chi connectivity index (χ1) is 13.5. The molecule has 7 heteroatoms. The second-order valence-electron chi connectivity index (χ2n) is 12.0. The Morgan fingerprint density at radius 2 is 1.63 bits per heavy atom. The van der Waals surface area contributed by atoms with E-state index in [1.807, 2.05) is 0 Å². The third kappa shape index (κ3) is 5.86. The van der Waals surface area contributed by atoms with Crippen LogP contribution in [0.25, 0.3) is 0 Å². The molecule has 0 spiro atoms. The Bertz CT molecular complexity index is 793. The normalized spacial score (nSPS) is 23.7. The van der Waals surface area contributed by atoms with Crippen LogP contribution in [0.15, 0.2) is 16.3 Å². The molecule has 0 saturated carbocycles. The van der Waals surface area contributed by atoms with E-state index < -0.39 is 10.2 Å². The Morgan fingerprint density at radius 1 is 1.03 bits per heavy atom. The van der Waals surface area contributed by atoms with Gasteiger partial charge in [-0.1, -0.05) is 75.7 Å². The smallest absolute Gasteiger partial charge is 0.277 e. The molecular formula is C23H44N4O2S. The van der Waals surface area contributed by atoms with Crippen LogP contribution in [-0.2, 0) is 10.2 Å². The molecular weight excluding hydrogens is 396 g/mol. The van der Waals surface area contributed by atoms with Gasteiger partial charge < -0.3 is 4.90 Å². The number of hydrogen-bond acceptors (Lipinski definition) is 4. The van der Waals surface area contributed by atoms with Crippen LogP contribution in [0.5, 0.6) is 0 Å². The third-order valence-corrected chi connectivity index (χ3v) is 6.93. The van der Waals surface area contributed by atoms with Gasteiger partial charge in [-0.2, -0.15) is 13.1 Å². The Morgan fingerprint density at radius 3 is 2.10 bits per heavy atom. The molecule has 174 valence electrons. The summed E-state index contributed by atoms with van der Waals surface area (Å²) in [6.07, 6.45) is 2.50. The van der Waals surface area contributed by atoms with Crippen LogP contribution in [0.1, 0.15) is 88.5 Å². The second-order valence-corrected chi connectivity index (χ2v) is 13.5. The fourth-order valence-corrected chi connectivity index (χ4v) is 5.51. The van der Waals surface area contributed by atoms with Gasteiger partial charge in [-0.3, -0.25) is 4.99 Å². The average Bonchev–Trinajstić information content (AvgIpc) is 2.91. The first-order valence-corrected chi connectivity index (χ1v) is 12.8. The van der Waals surface area contributed by atoms with Gasteiger partial charge >= 0.3 is 0 Å². The van der Waals surface area contributed by atoms with Crippen LogP contribution in [-0.4, -0.2) is 44.3 Å². The standard InChI is InChI=1S/C23H44N4O2S/c1-11-12-13-24-30(28,29)26-16-14-17-18(21(2,3)4)19(22(5,6)7)25-20(23(8,9)10)27(17)15-16/h16,19,24,26H,11-15H2,1-10H3. The van der Waals surface area contributed by atoms with E-state index in [0.29, 0.717) is 19.5 Å². The molecule has 2 heterocycles. The molecule has 0 aromatic carbocycles. The summed E-state index contributed by atoms with van der Waals surface area (Å²) in [4.78, 5) is 7.59. The Labute approximate surface area is 185 Å². The number of unbranched alkanes of at least 4 members (excludes halogenated alkanes) is 1. The molecule has 0 aromatic heterocycles. The molecule has 1 saturated heterocycles. The van der Waals surface area contributed by atoms with Crippen molar-refractivity contribution in [2.24, 2.45) is 21.2 Å². The fraction of sp³-hybridized carbons (Fsp3) is 0.870. The fourth-order valence-electron chi connectivity index (χ4n) is 4.41. The molecule has 2 aliphatic heterocycles. The number of fused-ring (bicyclic) bond motifs is 1. The van der Waals surface area contributed by atoms with E-state index >= 15 is 0 Å². The number of nitrogens with one attached hydrogen (secondary N) is 2. The lowest BCUT2D eigenvalue weighted by atomic mass is 9.70. The maximum atomic E-state index is 12.6. The van der Waals surface area contributed by atoms with Gasteiger partial charge in [0.2, 0.25) is 0 Å². The molecule has 0 bridgehead atoms. The largest absolute Gasteiger partial charge is 0.332 e. The summed E-state index contributed by atoms with van der Waals surface area (Å²) in [6, 6.07) is -0.0845. The lowest BCUT2D eigenvalue weighted by Crippen LogP contribution is -2.48. The van der Waals surface area contributed by atoms with Gasteiger partial charge in [0.15, 0.2) is 0 Å².